The van der Waals surface area contributed by atoms with Crippen LogP contribution in [0.5, 0.6) is 0 Å². The number of halogens is 1. The number of nitrogens with one attached hydrogen (secondary N) is 2. The molecule has 2 N–H and O–H groups in total. The number of aliphatic imine (C=N–C) groups is 1. The molecular weight excluding hydrogens is 386 g/mol. The minimum Gasteiger partial charge on any atom is -0.373 e. The molecule has 0 aromatic heterocycles. The minimum atomic E-state index is 0.384. The van der Waals surface area contributed by atoms with E-state index in [2.05, 4.69) is 55.8 Å². The highest BCUT2D eigenvalue weighted by molar-refractivity contribution is 9.10. The molecule has 0 radical (unpaired) electrons. The second kappa shape index (κ2) is 9.11. The van der Waals surface area contributed by atoms with E-state index in [0.29, 0.717) is 18.2 Å². The number of hydrogen-bond acceptors (Lipinski definition) is 3. The van der Waals surface area contributed by atoms with Gasteiger partial charge in [0.1, 0.15) is 0 Å². The molecule has 0 aliphatic carbocycles. The van der Waals surface area contributed by atoms with Gasteiger partial charge in [-0.1, -0.05) is 12.1 Å². The molecule has 24 heavy (non-hydrogen) atoms. The highest BCUT2D eigenvalue weighted by Crippen LogP contribution is 2.34. The molecule has 2 aliphatic rings. The fraction of sp³-hybridized carbons (Fsp3) is 0.611. The van der Waals surface area contributed by atoms with E-state index in [1.54, 1.807) is 0 Å². The molecule has 3 unspecified atom stereocenters. The van der Waals surface area contributed by atoms with Crippen LogP contribution < -0.4 is 10.6 Å². The third-order valence-corrected chi connectivity index (χ3v) is 6.72. The summed E-state index contributed by atoms with van der Waals surface area (Å²) in [6.07, 6.45) is 6.72. The molecule has 3 rings (SSSR count). The lowest BCUT2D eigenvalue weighted by Crippen LogP contribution is -2.47. The molecule has 2 bridgehead atoms. The van der Waals surface area contributed by atoms with Crippen molar-refractivity contribution in [3.05, 3.63) is 28.7 Å². The Bertz CT molecular complexity index is 569. The van der Waals surface area contributed by atoms with Crippen LogP contribution in [0.4, 0.5) is 0 Å². The first kappa shape index (κ1) is 18.1. The Morgan fingerprint density at radius 2 is 2.21 bits per heavy atom. The van der Waals surface area contributed by atoms with Gasteiger partial charge in [0.15, 0.2) is 5.96 Å². The van der Waals surface area contributed by atoms with E-state index in [4.69, 9.17) is 4.74 Å². The maximum atomic E-state index is 5.89. The summed E-state index contributed by atoms with van der Waals surface area (Å²) in [4.78, 5) is 5.66. The molecule has 0 spiro atoms. The normalized spacial score (nSPS) is 25.9. The quantitative estimate of drug-likeness (QED) is 0.310. The second-order valence-corrected chi connectivity index (χ2v) is 8.34. The van der Waals surface area contributed by atoms with Gasteiger partial charge in [-0.3, -0.25) is 4.99 Å². The molecular formula is C18H26BrN3OS. The van der Waals surface area contributed by atoms with Crippen molar-refractivity contribution >= 4 is 33.7 Å². The van der Waals surface area contributed by atoms with Crippen LogP contribution in [0.2, 0.25) is 0 Å². The molecule has 1 aromatic rings. The molecule has 2 aliphatic heterocycles. The molecule has 1 aromatic carbocycles. The van der Waals surface area contributed by atoms with Gasteiger partial charge in [0.05, 0.1) is 18.2 Å². The summed E-state index contributed by atoms with van der Waals surface area (Å²) in [5.74, 6) is 2.05. The van der Waals surface area contributed by atoms with Gasteiger partial charge in [-0.2, -0.15) is 0 Å². The smallest absolute Gasteiger partial charge is 0.191 e. The molecule has 2 heterocycles. The van der Waals surface area contributed by atoms with Crippen molar-refractivity contribution in [2.45, 2.75) is 55.2 Å². The van der Waals surface area contributed by atoms with Crippen LogP contribution in [0.1, 0.15) is 32.1 Å². The van der Waals surface area contributed by atoms with Crippen LogP contribution >= 0.6 is 27.7 Å². The number of nitrogens with zero attached hydrogens (tertiary/aromatic N) is 1. The Balaban J connectivity index is 1.29. The van der Waals surface area contributed by atoms with Crippen LogP contribution in [-0.2, 0) is 4.74 Å². The van der Waals surface area contributed by atoms with Crippen LogP contribution in [0.3, 0.4) is 0 Å². The fourth-order valence-electron chi connectivity index (χ4n) is 3.34. The molecule has 3 atom stereocenters. The lowest BCUT2D eigenvalue weighted by molar-refractivity contribution is 0.0992. The number of fused-ring (bicyclic) bond motifs is 2. The molecule has 4 nitrogen and oxygen atoms in total. The van der Waals surface area contributed by atoms with Gasteiger partial charge in [0.25, 0.3) is 0 Å². The van der Waals surface area contributed by atoms with Crippen molar-refractivity contribution in [3.8, 4) is 0 Å². The van der Waals surface area contributed by atoms with Gasteiger partial charge < -0.3 is 15.4 Å². The lowest BCUT2D eigenvalue weighted by Gasteiger charge is -2.22. The van der Waals surface area contributed by atoms with E-state index in [1.165, 1.54) is 28.6 Å². The number of hydrogen-bond donors (Lipinski definition) is 2. The first-order valence-electron chi connectivity index (χ1n) is 8.76. The van der Waals surface area contributed by atoms with Crippen LogP contribution in [0.25, 0.3) is 0 Å². The van der Waals surface area contributed by atoms with Gasteiger partial charge in [-0.25, -0.2) is 0 Å². The standard InChI is InChI=1S/C18H26BrN3OS/c1-20-18(22-15-12-13-8-9-16(15)23-13)21-10-4-5-11-24-17-7-3-2-6-14(17)19/h2-3,6-7,13,15-16H,4-5,8-12H2,1H3,(H2,20,21,22). The second-order valence-electron chi connectivity index (χ2n) is 6.35. The van der Waals surface area contributed by atoms with Gasteiger partial charge in [0.2, 0.25) is 0 Å². The molecule has 6 heteroatoms. The summed E-state index contributed by atoms with van der Waals surface area (Å²) in [6, 6.07) is 8.83. The summed E-state index contributed by atoms with van der Waals surface area (Å²) in [5, 5.41) is 6.95. The predicted molar refractivity (Wildman–Crippen MR) is 105 cm³/mol. The number of unbranched alkanes of at least 4 members (excludes halogenated alkanes) is 1. The van der Waals surface area contributed by atoms with E-state index < -0.39 is 0 Å². The topological polar surface area (TPSA) is 45.7 Å². The molecule has 2 saturated heterocycles. The zero-order valence-corrected chi connectivity index (χ0v) is 16.5. The van der Waals surface area contributed by atoms with E-state index >= 15 is 0 Å². The zero-order chi connectivity index (χ0) is 16.8. The maximum Gasteiger partial charge on any atom is 0.191 e. The molecule has 2 fully saturated rings. The van der Waals surface area contributed by atoms with E-state index in [1.807, 2.05) is 18.8 Å². The SMILES string of the molecule is CN=C(NCCCCSc1ccccc1Br)NC1CC2CCC1O2. The first-order valence-corrected chi connectivity index (χ1v) is 10.5. The third-order valence-electron chi connectivity index (χ3n) is 4.61. The van der Waals surface area contributed by atoms with Crippen molar-refractivity contribution in [3.63, 3.8) is 0 Å². The van der Waals surface area contributed by atoms with E-state index in [9.17, 15) is 0 Å². The van der Waals surface area contributed by atoms with Crippen LogP contribution in [0.15, 0.2) is 38.6 Å². The molecule has 0 saturated carbocycles. The van der Waals surface area contributed by atoms with Gasteiger partial charge >= 0.3 is 0 Å². The van der Waals surface area contributed by atoms with Crippen LogP contribution in [-0.4, -0.2) is 43.6 Å². The van der Waals surface area contributed by atoms with Gasteiger partial charge in [0, 0.05) is 23.0 Å². The number of rotatable bonds is 7. The van der Waals surface area contributed by atoms with E-state index in [0.717, 1.165) is 31.1 Å². The number of ether oxygens (including phenoxy) is 1. The summed E-state index contributed by atoms with van der Waals surface area (Å²) in [7, 11) is 1.84. The zero-order valence-electron chi connectivity index (χ0n) is 14.1. The number of thioether (sulfide) groups is 1. The average molecular weight is 412 g/mol. The Morgan fingerprint density at radius 3 is 2.92 bits per heavy atom. The Hall–Kier alpha value is -0.720. The Labute approximate surface area is 157 Å². The highest BCUT2D eigenvalue weighted by Gasteiger charge is 2.41. The minimum absolute atomic E-state index is 0.384. The summed E-state index contributed by atoms with van der Waals surface area (Å²) in [6.45, 7) is 0.956. The van der Waals surface area contributed by atoms with Crippen molar-refractivity contribution in [2.24, 2.45) is 4.99 Å². The summed E-state index contributed by atoms with van der Waals surface area (Å²) < 4.78 is 7.07. The fourth-order valence-corrected chi connectivity index (χ4v) is 4.92. The van der Waals surface area contributed by atoms with Crippen molar-refractivity contribution in [2.75, 3.05) is 19.3 Å². The van der Waals surface area contributed by atoms with Crippen molar-refractivity contribution < 1.29 is 4.74 Å². The lowest BCUT2D eigenvalue weighted by atomic mass is 9.96. The highest BCUT2D eigenvalue weighted by atomic mass is 79.9. The first-order chi connectivity index (χ1) is 11.8. The van der Waals surface area contributed by atoms with E-state index in [-0.39, 0.29) is 0 Å². The van der Waals surface area contributed by atoms with Crippen molar-refractivity contribution in [1.82, 2.24) is 10.6 Å². The molecule has 132 valence electrons. The van der Waals surface area contributed by atoms with Crippen LogP contribution in [0, 0.1) is 0 Å². The van der Waals surface area contributed by atoms with Crippen molar-refractivity contribution in [1.29, 1.82) is 0 Å². The van der Waals surface area contributed by atoms with Gasteiger partial charge in [-0.05, 0) is 65.9 Å². The predicted octanol–water partition coefficient (Wildman–Crippen LogP) is 3.81. The summed E-state index contributed by atoms with van der Waals surface area (Å²) in [5.41, 5.74) is 0. The Kier molecular flexibility index (Phi) is 6.86. The number of benzene rings is 1. The largest absolute Gasteiger partial charge is 0.373 e. The number of guanidine groups is 1. The summed E-state index contributed by atoms with van der Waals surface area (Å²) >= 11 is 5.50. The monoisotopic (exact) mass is 411 g/mol. The van der Waals surface area contributed by atoms with Gasteiger partial charge in [-0.15, -0.1) is 11.8 Å². The Morgan fingerprint density at radius 1 is 1.33 bits per heavy atom. The molecule has 0 amide bonds. The third kappa shape index (κ3) is 4.90. The maximum absolute atomic E-state index is 5.89. The average Bonchev–Trinajstić information content (AvgIpc) is 3.21.